The molecule has 7 heteroatoms. The Morgan fingerprint density at radius 3 is 2.65 bits per heavy atom. The zero-order valence-corrected chi connectivity index (χ0v) is 11.7. The van der Waals surface area contributed by atoms with Crippen LogP contribution >= 0.6 is 0 Å². The molecular formula is C13H17NO5S. The Morgan fingerprint density at radius 2 is 2.10 bits per heavy atom. The smallest absolute Gasteiger partial charge is 0.326 e. The number of carboxylic acids is 1. The maximum absolute atomic E-state index is 12.0. The fraction of sp³-hybridized carbons (Fsp3) is 0.462. The molecule has 110 valence electrons. The number of nitrogens with one attached hydrogen (secondary N) is 1. The fourth-order valence-electron chi connectivity index (χ4n) is 2.15. The van der Waals surface area contributed by atoms with Crippen LogP contribution in [0.3, 0.4) is 0 Å². The topological polar surface area (TPSA) is 92.7 Å². The van der Waals surface area contributed by atoms with Crippen molar-refractivity contribution < 1.29 is 23.1 Å². The van der Waals surface area contributed by atoms with Gasteiger partial charge in [0.2, 0.25) is 10.0 Å². The predicted molar refractivity (Wildman–Crippen MR) is 72.7 cm³/mol. The highest BCUT2D eigenvalue weighted by Crippen LogP contribution is 2.17. The molecule has 2 N–H and O–H groups in total. The average Bonchev–Trinajstić information content (AvgIpc) is 2.89. The summed E-state index contributed by atoms with van der Waals surface area (Å²) in [4.78, 5) is 11.3. The number of hydrogen-bond donors (Lipinski definition) is 2. The van der Waals surface area contributed by atoms with Crippen LogP contribution in [0.1, 0.15) is 24.4 Å². The van der Waals surface area contributed by atoms with Crippen LogP contribution in [0.15, 0.2) is 30.3 Å². The van der Waals surface area contributed by atoms with Gasteiger partial charge in [-0.15, -0.1) is 0 Å². The number of sulfonamides is 1. The zero-order valence-electron chi connectivity index (χ0n) is 10.9. The van der Waals surface area contributed by atoms with Crippen molar-refractivity contribution in [2.75, 3.05) is 12.4 Å². The number of rotatable bonds is 6. The van der Waals surface area contributed by atoms with Gasteiger partial charge < -0.3 is 9.84 Å². The van der Waals surface area contributed by atoms with Crippen LogP contribution in [0.5, 0.6) is 0 Å². The fourth-order valence-corrected chi connectivity index (χ4v) is 3.60. The molecule has 1 saturated heterocycles. The van der Waals surface area contributed by atoms with Crippen LogP contribution < -0.4 is 4.72 Å². The van der Waals surface area contributed by atoms with Gasteiger partial charge >= 0.3 is 5.97 Å². The summed E-state index contributed by atoms with van der Waals surface area (Å²) in [6.07, 6.45) is 1.17. The first-order chi connectivity index (χ1) is 9.48. The minimum atomic E-state index is -3.71. The van der Waals surface area contributed by atoms with Crippen molar-refractivity contribution in [3.63, 3.8) is 0 Å². The van der Waals surface area contributed by atoms with Crippen molar-refractivity contribution in [1.29, 1.82) is 0 Å². The van der Waals surface area contributed by atoms with Crippen molar-refractivity contribution in [2.24, 2.45) is 0 Å². The Morgan fingerprint density at radius 1 is 1.40 bits per heavy atom. The summed E-state index contributed by atoms with van der Waals surface area (Å²) >= 11 is 0. The molecule has 1 aromatic rings. The largest absolute Gasteiger partial charge is 0.480 e. The van der Waals surface area contributed by atoms with E-state index in [1.807, 2.05) is 0 Å². The molecule has 1 heterocycles. The lowest BCUT2D eigenvalue weighted by Gasteiger charge is -2.17. The highest BCUT2D eigenvalue weighted by molar-refractivity contribution is 7.89. The predicted octanol–water partition coefficient (Wildman–Crippen LogP) is 0.911. The molecule has 0 saturated carbocycles. The average molecular weight is 299 g/mol. The van der Waals surface area contributed by atoms with Crippen LogP contribution in [-0.4, -0.2) is 38.0 Å². The lowest BCUT2D eigenvalue weighted by molar-refractivity contribution is -0.139. The summed E-state index contributed by atoms with van der Waals surface area (Å²) in [5, 5.41) is 9.19. The number of carbonyl (C=O) groups is 1. The molecule has 2 atom stereocenters. The van der Waals surface area contributed by atoms with E-state index >= 15 is 0 Å². The van der Waals surface area contributed by atoms with Crippen molar-refractivity contribution in [3.05, 3.63) is 35.9 Å². The normalized spacial score (nSPS) is 20.7. The van der Waals surface area contributed by atoms with Gasteiger partial charge in [0.05, 0.1) is 11.9 Å². The quantitative estimate of drug-likeness (QED) is 0.814. The Balaban J connectivity index is 2.09. The maximum atomic E-state index is 12.0. The molecule has 0 aliphatic carbocycles. The Labute approximate surface area is 117 Å². The van der Waals surface area contributed by atoms with Gasteiger partial charge in [-0.25, -0.2) is 8.42 Å². The first-order valence-corrected chi connectivity index (χ1v) is 8.02. The van der Waals surface area contributed by atoms with Gasteiger partial charge in [0.15, 0.2) is 0 Å². The molecule has 1 aliphatic rings. The second-order valence-electron chi connectivity index (χ2n) is 4.72. The number of hydrogen-bond acceptors (Lipinski definition) is 4. The van der Waals surface area contributed by atoms with E-state index in [0.717, 1.165) is 6.42 Å². The third kappa shape index (κ3) is 4.03. The summed E-state index contributed by atoms with van der Waals surface area (Å²) in [6, 6.07) is 6.95. The van der Waals surface area contributed by atoms with E-state index < -0.39 is 22.0 Å². The van der Waals surface area contributed by atoms with Gasteiger partial charge in [0, 0.05) is 6.61 Å². The van der Waals surface area contributed by atoms with E-state index in [9.17, 15) is 18.3 Å². The summed E-state index contributed by atoms with van der Waals surface area (Å²) in [5.74, 6) is -1.43. The van der Waals surface area contributed by atoms with E-state index in [1.165, 1.54) is 0 Å². The van der Waals surface area contributed by atoms with Crippen molar-refractivity contribution in [3.8, 4) is 0 Å². The highest BCUT2D eigenvalue weighted by Gasteiger charge is 2.29. The Bertz CT molecular complexity index is 551. The molecule has 0 bridgehead atoms. The molecule has 2 rings (SSSR count). The van der Waals surface area contributed by atoms with Crippen LogP contribution in [0, 0.1) is 0 Å². The maximum Gasteiger partial charge on any atom is 0.326 e. The lowest BCUT2D eigenvalue weighted by atomic mass is 10.1. The number of carboxylic acid groups (broad SMARTS) is 1. The van der Waals surface area contributed by atoms with Crippen molar-refractivity contribution in [2.45, 2.75) is 25.0 Å². The monoisotopic (exact) mass is 299 g/mol. The molecule has 1 aliphatic heterocycles. The van der Waals surface area contributed by atoms with Gasteiger partial charge in [-0.2, -0.15) is 4.72 Å². The van der Waals surface area contributed by atoms with E-state index in [1.54, 1.807) is 30.3 Å². The lowest BCUT2D eigenvalue weighted by Crippen LogP contribution is -2.38. The molecular weight excluding hydrogens is 282 g/mol. The third-order valence-electron chi connectivity index (χ3n) is 3.11. The second-order valence-corrected chi connectivity index (χ2v) is 6.51. The van der Waals surface area contributed by atoms with Crippen LogP contribution in [0.4, 0.5) is 0 Å². The molecule has 2 unspecified atom stereocenters. The number of benzene rings is 1. The number of aliphatic carboxylic acids is 1. The first kappa shape index (κ1) is 15.0. The number of ether oxygens (including phenoxy) is 1. The van der Waals surface area contributed by atoms with Gasteiger partial charge in [0.1, 0.15) is 6.04 Å². The summed E-state index contributed by atoms with van der Waals surface area (Å²) in [6.45, 7) is 0.557. The molecule has 0 radical (unpaired) electrons. The van der Waals surface area contributed by atoms with Crippen LogP contribution in [0.2, 0.25) is 0 Å². The van der Waals surface area contributed by atoms with Crippen molar-refractivity contribution in [1.82, 2.24) is 4.72 Å². The molecule has 0 spiro atoms. The van der Waals surface area contributed by atoms with Gasteiger partial charge in [-0.05, 0) is 18.4 Å². The van der Waals surface area contributed by atoms with Crippen molar-refractivity contribution >= 4 is 16.0 Å². The Kier molecular flexibility index (Phi) is 4.74. The highest BCUT2D eigenvalue weighted by atomic mass is 32.2. The van der Waals surface area contributed by atoms with Gasteiger partial charge in [-0.3, -0.25) is 4.79 Å². The zero-order chi connectivity index (χ0) is 14.6. The summed E-state index contributed by atoms with van der Waals surface area (Å²) < 4.78 is 31.5. The van der Waals surface area contributed by atoms with Crippen LogP contribution in [-0.2, 0) is 19.6 Å². The SMILES string of the molecule is O=C(O)C(NS(=O)(=O)CC1CCCO1)c1ccccc1. The Hall–Kier alpha value is -1.44. The molecule has 20 heavy (non-hydrogen) atoms. The van der Waals surface area contributed by atoms with Crippen LogP contribution in [0.25, 0.3) is 0 Å². The molecule has 0 amide bonds. The first-order valence-electron chi connectivity index (χ1n) is 6.37. The van der Waals surface area contributed by atoms with E-state index in [2.05, 4.69) is 4.72 Å². The third-order valence-corrected chi connectivity index (χ3v) is 4.51. The standard InChI is InChI=1S/C13H17NO5S/c15-13(16)12(10-5-2-1-3-6-10)14-20(17,18)9-11-7-4-8-19-11/h1-3,5-6,11-12,14H,4,7-9H2,(H,15,16). The molecule has 1 aromatic carbocycles. The van der Waals surface area contributed by atoms with Gasteiger partial charge in [-0.1, -0.05) is 30.3 Å². The van der Waals surface area contributed by atoms with E-state index in [-0.39, 0.29) is 11.9 Å². The minimum Gasteiger partial charge on any atom is -0.480 e. The minimum absolute atomic E-state index is 0.205. The second kappa shape index (κ2) is 6.34. The molecule has 0 aromatic heterocycles. The van der Waals surface area contributed by atoms with Gasteiger partial charge in [0.25, 0.3) is 0 Å². The molecule has 6 nitrogen and oxygen atoms in total. The van der Waals surface area contributed by atoms with E-state index in [4.69, 9.17) is 4.74 Å². The molecule has 1 fully saturated rings. The summed E-state index contributed by atoms with van der Waals surface area (Å²) in [5.41, 5.74) is 0.399. The summed E-state index contributed by atoms with van der Waals surface area (Å²) in [7, 11) is -3.71. The van der Waals surface area contributed by atoms with E-state index in [0.29, 0.717) is 18.6 Å².